The van der Waals surface area contributed by atoms with E-state index in [9.17, 15) is 4.79 Å². The molecule has 6 heteroatoms. The second-order valence-electron chi connectivity index (χ2n) is 4.94. The lowest BCUT2D eigenvalue weighted by molar-refractivity contribution is 0.0760. The third kappa shape index (κ3) is 4.20. The SMILES string of the molecule is C[C@@H]1C[C@H](Oc2cccc(N[C](=O)[Al])n2)CCN1C. The molecule has 0 aliphatic carbocycles. The molecule has 19 heavy (non-hydrogen) atoms. The van der Waals surface area contributed by atoms with Crippen molar-refractivity contribution in [2.75, 3.05) is 18.9 Å². The molecular weight excluding hydrogens is 257 g/mol. The van der Waals surface area contributed by atoms with E-state index in [0.717, 1.165) is 19.4 Å². The van der Waals surface area contributed by atoms with Gasteiger partial charge in [0.05, 0.1) is 0 Å². The van der Waals surface area contributed by atoms with Crippen LogP contribution in [-0.2, 0) is 0 Å². The Morgan fingerprint density at radius 1 is 1.58 bits per heavy atom. The first-order valence-electron chi connectivity index (χ1n) is 6.45. The average molecular weight is 275 g/mol. The standard InChI is InChI=1S/C13H18N3O2.Al/c1-10-8-11(6-7-16(10)2)18-13-5-3-4-12(15-13)14-9-17;/h3-5,10-11H,6-8H2,1-2H3,(H,14,15,17);/t10-,11-;/m1./s1. The van der Waals surface area contributed by atoms with Crippen molar-refractivity contribution in [1.29, 1.82) is 0 Å². The van der Waals surface area contributed by atoms with Gasteiger partial charge in [-0.1, -0.05) is 6.07 Å². The molecule has 5 nitrogen and oxygen atoms in total. The summed E-state index contributed by atoms with van der Waals surface area (Å²) in [6.07, 6.45) is 2.20. The fraction of sp³-hybridized carbons (Fsp3) is 0.538. The normalized spacial score (nSPS) is 23.9. The van der Waals surface area contributed by atoms with Crippen LogP contribution in [0.1, 0.15) is 19.8 Å². The summed E-state index contributed by atoms with van der Waals surface area (Å²) in [6, 6.07) is 5.91. The molecule has 1 amide bonds. The third-order valence-corrected chi connectivity index (χ3v) is 3.57. The molecule has 1 N–H and O–H groups in total. The van der Waals surface area contributed by atoms with E-state index in [2.05, 4.69) is 45.5 Å². The molecule has 0 bridgehead atoms. The lowest BCUT2D eigenvalue weighted by Gasteiger charge is -2.34. The number of anilines is 1. The zero-order chi connectivity index (χ0) is 13.8. The molecule has 2 radical (unpaired) electrons. The first-order valence-corrected chi connectivity index (χ1v) is 7.02. The predicted octanol–water partition coefficient (Wildman–Crippen LogP) is 1.64. The molecule has 2 rings (SSSR count). The number of ether oxygens (including phenoxy) is 1. The van der Waals surface area contributed by atoms with Crippen molar-refractivity contribution in [2.45, 2.75) is 31.9 Å². The number of nitrogens with zero attached hydrogens (tertiary/aromatic N) is 2. The first-order chi connectivity index (χ1) is 9.04. The van der Waals surface area contributed by atoms with Gasteiger partial charge in [0.2, 0.25) is 5.88 Å². The molecule has 1 aromatic rings. The van der Waals surface area contributed by atoms with Gasteiger partial charge in [0, 0.05) is 18.7 Å². The van der Waals surface area contributed by atoms with E-state index >= 15 is 0 Å². The molecule has 100 valence electrons. The molecule has 1 fully saturated rings. The number of amides is 1. The van der Waals surface area contributed by atoms with Crippen LogP contribution in [0, 0.1) is 0 Å². The van der Waals surface area contributed by atoms with Crippen molar-refractivity contribution in [3.8, 4) is 5.88 Å². The molecule has 1 aliphatic rings. The summed E-state index contributed by atoms with van der Waals surface area (Å²) in [7, 11) is 2.13. The number of carbonyl (C=O) groups excluding carboxylic acids is 1. The maximum Gasteiger partial charge on any atom is 0.281 e. The summed E-state index contributed by atoms with van der Waals surface area (Å²) in [5.41, 5.74) is 0. The van der Waals surface area contributed by atoms with Gasteiger partial charge in [0.25, 0.3) is 16.3 Å². The fourth-order valence-electron chi connectivity index (χ4n) is 2.20. The number of pyridine rings is 1. The van der Waals surface area contributed by atoms with Crippen LogP contribution in [0.15, 0.2) is 18.2 Å². The fourth-order valence-corrected chi connectivity index (χ4v) is 2.35. The van der Waals surface area contributed by atoms with Gasteiger partial charge in [-0.2, -0.15) is 4.98 Å². The number of carbonyl (C=O) groups is 1. The van der Waals surface area contributed by atoms with Crippen LogP contribution in [0.3, 0.4) is 0 Å². The molecule has 2 atom stereocenters. The molecule has 0 aromatic carbocycles. The van der Waals surface area contributed by atoms with Gasteiger partial charge in [-0.25, -0.2) is 0 Å². The Hall–Kier alpha value is -1.09. The van der Waals surface area contributed by atoms with Gasteiger partial charge in [-0.05, 0) is 32.9 Å². The summed E-state index contributed by atoms with van der Waals surface area (Å²) in [6.45, 7) is 3.24. The monoisotopic (exact) mass is 275 g/mol. The summed E-state index contributed by atoms with van der Waals surface area (Å²) in [5, 5.41) is 2.62. The van der Waals surface area contributed by atoms with Crippen molar-refractivity contribution >= 4 is 26.9 Å². The topological polar surface area (TPSA) is 54.5 Å². The van der Waals surface area contributed by atoms with Gasteiger partial charge in [-0.3, -0.25) is 0 Å². The third-order valence-electron chi connectivity index (χ3n) is 3.42. The number of piperidine rings is 1. The quantitative estimate of drug-likeness (QED) is 0.852. The number of rotatable bonds is 3. The van der Waals surface area contributed by atoms with E-state index in [0.29, 0.717) is 17.7 Å². The van der Waals surface area contributed by atoms with Crippen LogP contribution in [-0.4, -0.2) is 56.7 Å². The van der Waals surface area contributed by atoms with Gasteiger partial charge in [0.1, 0.15) is 16.7 Å². The minimum atomic E-state index is -0.211. The molecule has 0 spiro atoms. The molecule has 0 saturated carbocycles. The highest BCUT2D eigenvalue weighted by Gasteiger charge is 2.24. The highest BCUT2D eigenvalue weighted by Crippen LogP contribution is 2.21. The molecule has 1 aliphatic heterocycles. The second-order valence-corrected chi connectivity index (χ2v) is 5.47. The van der Waals surface area contributed by atoms with E-state index < -0.39 is 0 Å². The van der Waals surface area contributed by atoms with E-state index in [1.165, 1.54) is 0 Å². The summed E-state index contributed by atoms with van der Waals surface area (Å²) >= 11 is 2.06. The van der Waals surface area contributed by atoms with Crippen LogP contribution in [0.4, 0.5) is 10.6 Å². The zero-order valence-electron chi connectivity index (χ0n) is 11.3. The predicted molar refractivity (Wildman–Crippen MR) is 74.8 cm³/mol. The van der Waals surface area contributed by atoms with Crippen LogP contribution in [0.2, 0.25) is 0 Å². The van der Waals surface area contributed by atoms with Crippen LogP contribution in [0.25, 0.3) is 0 Å². The van der Waals surface area contributed by atoms with E-state index in [-0.39, 0.29) is 10.9 Å². The van der Waals surface area contributed by atoms with Crippen LogP contribution in [0.5, 0.6) is 5.88 Å². The van der Waals surface area contributed by atoms with Gasteiger partial charge in [0.15, 0.2) is 0 Å². The summed E-state index contributed by atoms with van der Waals surface area (Å²) in [4.78, 5) is 17.6. The minimum absolute atomic E-state index is 0.195. The first kappa shape index (κ1) is 14.3. The molecule has 2 heterocycles. The highest BCUT2D eigenvalue weighted by molar-refractivity contribution is 6.60. The smallest absolute Gasteiger partial charge is 0.281 e. The Morgan fingerprint density at radius 3 is 3.05 bits per heavy atom. The minimum Gasteiger partial charge on any atom is -0.474 e. The van der Waals surface area contributed by atoms with Crippen LogP contribution < -0.4 is 10.1 Å². The van der Waals surface area contributed by atoms with Crippen molar-refractivity contribution < 1.29 is 9.53 Å². The molecule has 0 unspecified atom stereocenters. The molecular formula is C13H18AlN3O2. The Labute approximate surface area is 121 Å². The Balaban J connectivity index is 1.97. The average Bonchev–Trinajstić information content (AvgIpc) is 2.33. The molecule has 1 aromatic heterocycles. The van der Waals surface area contributed by atoms with E-state index in [1.54, 1.807) is 6.07 Å². The van der Waals surface area contributed by atoms with Crippen molar-refractivity contribution in [1.82, 2.24) is 9.88 Å². The van der Waals surface area contributed by atoms with E-state index in [4.69, 9.17) is 4.74 Å². The van der Waals surface area contributed by atoms with Gasteiger partial charge < -0.3 is 19.7 Å². The largest absolute Gasteiger partial charge is 0.474 e. The summed E-state index contributed by atoms with van der Waals surface area (Å²) < 4.78 is 5.69. The second kappa shape index (κ2) is 6.38. The summed E-state index contributed by atoms with van der Waals surface area (Å²) in [5.74, 6) is 1.08. The van der Waals surface area contributed by atoms with Crippen molar-refractivity contribution in [3.63, 3.8) is 0 Å². The lowest BCUT2D eigenvalue weighted by atomic mass is 10.0. The van der Waals surface area contributed by atoms with E-state index in [1.807, 2.05) is 12.1 Å². The Kier molecular flexibility index (Phi) is 4.81. The number of nitrogens with one attached hydrogen (secondary N) is 1. The Morgan fingerprint density at radius 2 is 2.37 bits per heavy atom. The van der Waals surface area contributed by atoms with Crippen molar-refractivity contribution in [2.24, 2.45) is 0 Å². The maximum absolute atomic E-state index is 11.0. The maximum atomic E-state index is 11.0. The highest BCUT2D eigenvalue weighted by atomic mass is 27.0. The molecule has 1 saturated heterocycles. The lowest BCUT2D eigenvalue weighted by Crippen LogP contribution is -2.42. The number of aromatic nitrogens is 1. The van der Waals surface area contributed by atoms with Crippen LogP contribution >= 0.6 is 0 Å². The number of hydrogen-bond acceptors (Lipinski definition) is 4. The zero-order valence-corrected chi connectivity index (χ0v) is 12.5. The Bertz CT molecular complexity index is 455. The van der Waals surface area contributed by atoms with Gasteiger partial charge in [-0.15, -0.1) is 0 Å². The number of hydrogen-bond donors (Lipinski definition) is 1. The van der Waals surface area contributed by atoms with Gasteiger partial charge >= 0.3 is 0 Å². The van der Waals surface area contributed by atoms with Crippen molar-refractivity contribution in [3.05, 3.63) is 18.2 Å². The number of likely N-dealkylation sites (tertiary alicyclic amines) is 1.